The highest BCUT2D eigenvalue weighted by Gasteiger charge is 2.02. The molecule has 6 heteroatoms. The van der Waals surface area contributed by atoms with Crippen LogP contribution in [0, 0.1) is 5.92 Å². The summed E-state index contributed by atoms with van der Waals surface area (Å²) in [7, 11) is 0. The predicted molar refractivity (Wildman–Crippen MR) is 116 cm³/mol. The molecule has 0 aromatic heterocycles. The van der Waals surface area contributed by atoms with Gasteiger partial charge in [-0.2, -0.15) is 0 Å². The van der Waals surface area contributed by atoms with Gasteiger partial charge in [0.25, 0.3) is 0 Å². The molecule has 0 bridgehead atoms. The van der Waals surface area contributed by atoms with E-state index in [2.05, 4.69) is 20.8 Å². The Morgan fingerprint density at radius 1 is 0.621 bits per heavy atom. The first-order valence-electron chi connectivity index (χ1n) is 11.6. The van der Waals surface area contributed by atoms with Crippen LogP contribution in [-0.2, 0) is 28.5 Å². The van der Waals surface area contributed by atoms with Crippen molar-refractivity contribution in [1.82, 2.24) is 0 Å². The van der Waals surface area contributed by atoms with Gasteiger partial charge >= 0.3 is 5.97 Å². The van der Waals surface area contributed by atoms with Crippen molar-refractivity contribution in [2.24, 2.45) is 5.92 Å². The van der Waals surface area contributed by atoms with Gasteiger partial charge in [0, 0.05) is 19.6 Å². The summed E-state index contributed by atoms with van der Waals surface area (Å²) < 4.78 is 27.0. The number of ether oxygens (including phenoxy) is 5. The Labute approximate surface area is 178 Å². The maximum atomic E-state index is 11.6. The van der Waals surface area contributed by atoms with Crippen molar-refractivity contribution in [3.8, 4) is 0 Å². The normalized spacial score (nSPS) is 11.3. The summed E-state index contributed by atoms with van der Waals surface area (Å²) in [4.78, 5) is 11.6. The Morgan fingerprint density at radius 2 is 1.14 bits per heavy atom. The van der Waals surface area contributed by atoms with Crippen LogP contribution in [0.5, 0.6) is 0 Å². The molecule has 174 valence electrons. The predicted octanol–water partition coefficient (Wildman–Crippen LogP) is 4.78. The van der Waals surface area contributed by atoms with Gasteiger partial charge in [0.05, 0.1) is 46.2 Å². The number of hydrogen-bond acceptors (Lipinski definition) is 6. The maximum absolute atomic E-state index is 11.6. The lowest BCUT2D eigenvalue weighted by Crippen LogP contribution is -2.13. The van der Waals surface area contributed by atoms with E-state index in [9.17, 15) is 4.79 Å². The molecular formula is C23H46O6. The number of rotatable bonds is 23. The van der Waals surface area contributed by atoms with Gasteiger partial charge in [0.2, 0.25) is 0 Å². The second kappa shape index (κ2) is 23.6. The Hall–Kier alpha value is -0.690. The molecule has 29 heavy (non-hydrogen) atoms. The highest BCUT2D eigenvalue weighted by atomic mass is 16.6. The van der Waals surface area contributed by atoms with Crippen molar-refractivity contribution < 1.29 is 28.5 Å². The Bertz CT molecular complexity index is 335. The average Bonchev–Trinajstić information content (AvgIpc) is 2.70. The monoisotopic (exact) mass is 418 g/mol. The number of hydrogen-bond donors (Lipinski definition) is 0. The van der Waals surface area contributed by atoms with Crippen LogP contribution in [0.25, 0.3) is 0 Å². The molecule has 0 rings (SSSR count). The van der Waals surface area contributed by atoms with Gasteiger partial charge in [0.1, 0.15) is 0 Å². The van der Waals surface area contributed by atoms with Crippen LogP contribution >= 0.6 is 0 Å². The minimum Gasteiger partial charge on any atom is -0.466 e. The minimum absolute atomic E-state index is 0.122. The maximum Gasteiger partial charge on any atom is 0.305 e. The Balaban J connectivity index is 3.13. The molecule has 0 N–H and O–H groups in total. The lowest BCUT2D eigenvalue weighted by Gasteiger charge is -2.08. The van der Waals surface area contributed by atoms with E-state index in [1.54, 1.807) is 0 Å². The van der Waals surface area contributed by atoms with Crippen LogP contribution in [-0.4, -0.2) is 65.4 Å². The summed E-state index contributed by atoms with van der Waals surface area (Å²) >= 11 is 0. The van der Waals surface area contributed by atoms with Crippen LogP contribution in [0.4, 0.5) is 0 Å². The van der Waals surface area contributed by atoms with Gasteiger partial charge in [-0.15, -0.1) is 0 Å². The molecule has 0 aromatic carbocycles. The molecule has 0 atom stereocenters. The van der Waals surface area contributed by atoms with E-state index >= 15 is 0 Å². The van der Waals surface area contributed by atoms with Crippen molar-refractivity contribution in [3.63, 3.8) is 0 Å². The van der Waals surface area contributed by atoms with Crippen LogP contribution < -0.4 is 0 Å². The second-order valence-electron chi connectivity index (χ2n) is 7.72. The molecule has 0 saturated heterocycles. The van der Waals surface area contributed by atoms with Crippen molar-refractivity contribution in [1.29, 1.82) is 0 Å². The van der Waals surface area contributed by atoms with E-state index in [1.807, 2.05) is 0 Å². The molecule has 0 heterocycles. The summed E-state index contributed by atoms with van der Waals surface area (Å²) in [5, 5.41) is 0. The lowest BCUT2D eigenvalue weighted by atomic mass is 10.1. The van der Waals surface area contributed by atoms with Gasteiger partial charge in [-0.25, -0.2) is 0 Å². The second-order valence-corrected chi connectivity index (χ2v) is 7.72. The summed E-state index contributed by atoms with van der Waals surface area (Å²) in [6.07, 6.45) is 9.39. The molecule has 0 amide bonds. The van der Waals surface area contributed by atoms with Gasteiger partial charge in [-0.05, 0) is 25.2 Å². The van der Waals surface area contributed by atoms with E-state index in [0.717, 1.165) is 25.9 Å². The fourth-order valence-electron chi connectivity index (χ4n) is 2.54. The van der Waals surface area contributed by atoms with Crippen molar-refractivity contribution in [2.75, 3.05) is 59.5 Å². The molecule has 0 aliphatic carbocycles. The van der Waals surface area contributed by atoms with Crippen LogP contribution in [0.1, 0.15) is 78.6 Å². The number of esters is 1. The quantitative estimate of drug-likeness (QED) is 0.176. The summed E-state index contributed by atoms with van der Waals surface area (Å²) in [5.41, 5.74) is 0. The van der Waals surface area contributed by atoms with Crippen LogP contribution in [0.3, 0.4) is 0 Å². The number of carbonyl (C=O) groups excluding carboxylic acids is 1. The van der Waals surface area contributed by atoms with Gasteiger partial charge < -0.3 is 23.7 Å². The third kappa shape index (κ3) is 25.3. The van der Waals surface area contributed by atoms with E-state index in [-0.39, 0.29) is 5.97 Å². The average molecular weight is 419 g/mol. The molecular weight excluding hydrogens is 372 g/mol. The summed E-state index contributed by atoms with van der Waals surface area (Å²) in [5.74, 6) is 0.555. The third-order valence-electron chi connectivity index (χ3n) is 4.39. The zero-order chi connectivity index (χ0) is 21.4. The van der Waals surface area contributed by atoms with Crippen LogP contribution in [0.15, 0.2) is 0 Å². The van der Waals surface area contributed by atoms with E-state index in [0.29, 0.717) is 71.6 Å². The first kappa shape index (κ1) is 28.3. The Kier molecular flexibility index (Phi) is 23.0. The highest BCUT2D eigenvalue weighted by molar-refractivity contribution is 5.69. The minimum atomic E-state index is -0.122. The lowest BCUT2D eigenvalue weighted by molar-refractivity contribution is -0.144. The third-order valence-corrected chi connectivity index (χ3v) is 4.39. The SMILES string of the molecule is CCCCCCCCOC(=O)CCCOCCOCCOCCOCCC(C)C. The topological polar surface area (TPSA) is 63.2 Å². The molecule has 0 fully saturated rings. The molecule has 0 spiro atoms. The summed E-state index contributed by atoms with van der Waals surface area (Å²) in [6.45, 7) is 11.9. The molecule has 0 radical (unpaired) electrons. The van der Waals surface area contributed by atoms with Crippen molar-refractivity contribution >= 4 is 5.97 Å². The molecule has 6 nitrogen and oxygen atoms in total. The van der Waals surface area contributed by atoms with Gasteiger partial charge in [-0.3, -0.25) is 4.79 Å². The summed E-state index contributed by atoms with van der Waals surface area (Å²) in [6, 6.07) is 0. The smallest absolute Gasteiger partial charge is 0.305 e. The molecule has 0 aliphatic rings. The zero-order valence-electron chi connectivity index (χ0n) is 19.3. The number of unbranched alkanes of at least 4 members (excludes halogenated alkanes) is 5. The molecule has 0 aromatic rings. The van der Waals surface area contributed by atoms with Crippen molar-refractivity contribution in [2.45, 2.75) is 78.6 Å². The molecule has 0 saturated carbocycles. The van der Waals surface area contributed by atoms with E-state index in [4.69, 9.17) is 23.7 Å². The van der Waals surface area contributed by atoms with E-state index in [1.165, 1.54) is 25.7 Å². The van der Waals surface area contributed by atoms with Crippen molar-refractivity contribution in [3.05, 3.63) is 0 Å². The van der Waals surface area contributed by atoms with Gasteiger partial charge in [0.15, 0.2) is 0 Å². The fourth-order valence-corrected chi connectivity index (χ4v) is 2.54. The standard InChI is InChI=1S/C23H46O6/c1-4-5-6-7-8-9-14-29-23(24)11-10-13-25-16-18-27-20-21-28-19-17-26-15-12-22(2)3/h22H,4-21H2,1-3H3. The first-order chi connectivity index (χ1) is 14.2. The van der Waals surface area contributed by atoms with E-state index < -0.39 is 0 Å². The number of carbonyl (C=O) groups is 1. The zero-order valence-corrected chi connectivity index (χ0v) is 19.3. The van der Waals surface area contributed by atoms with Crippen LogP contribution in [0.2, 0.25) is 0 Å². The molecule has 0 aliphatic heterocycles. The Morgan fingerprint density at radius 3 is 1.72 bits per heavy atom. The highest BCUT2D eigenvalue weighted by Crippen LogP contribution is 2.05. The van der Waals surface area contributed by atoms with Gasteiger partial charge in [-0.1, -0.05) is 52.9 Å². The first-order valence-corrected chi connectivity index (χ1v) is 11.6. The largest absolute Gasteiger partial charge is 0.466 e. The fraction of sp³-hybridized carbons (Fsp3) is 0.957. The molecule has 0 unspecified atom stereocenters.